The van der Waals surface area contributed by atoms with Crippen LogP contribution in [0.15, 0.2) is 22.7 Å². The molecule has 5 nitrogen and oxygen atoms in total. The molecule has 1 aliphatic heterocycles. The van der Waals surface area contributed by atoms with E-state index in [-0.39, 0.29) is 11.5 Å². The Balaban J connectivity index is 2.29. The van der Waals surface area contributed by atoms with Gasteiger partial charge < -0.3 is 15.7 Å². The van der Waals surface area contributed by atoms with Gasteiger partial charge in [-0.2, -0.15) is 0 Å². The third-order valence-corrected chi connectivity index (χ3v) is 4.86. The Hall–Kier alpha value is -1.40. The summed E-state index contributed by atoms with van der Waals surface area (Å²) in [4.78, 5) is 24.0. The Kier molecular flexibility index (Phi) is 5.00. The zero-order chi connectivity index (χ0) is 15.5. The molecule has 3 N–H and O–H groups in total. The molecule has 21 heavy (non-hydrogen) atoms. The number of hydrogen-bond donors (Lipinski definition) is 3. The maximum atomic E-state index is 12.7. The second-order valence-electron chi connectivity index (χ2n) is 5.31. The van der Waals surface area contributed by atoms with Crippen LogP contribution in [0.25, 0.3) is 0 Å². The van der Waals surface area contributed by atoms with Crippen molar-refractivity contribution in [2.45, 2.75) is 26.2 Å². The van der Waals surface area contributed by atoms with Crippen molar-refractivity contribution in [3.63, 3.8) is 0 Å². The van der Waals surface area contributed by atoms with Crippen molar-refractivity contribution in [1.29, 1.82) is 0 Å². The lowest BCUT2D eigenvalue weighted by Gasteiger charge is -2.35. The normalized spacial score (nSPS) is 17.2. The number of carboxylic acids is 1. The minimum Gasteiger partial charge on any atom is -0.478 e. The number of halogens is 1. The van der Waals surface area contributed by atoms with Crippen molar-refractivity contribution in [3.05, 3.63) is 28.2 Å². The number of hydrogen-bond acceptors (Lipinski definition) is 3. The van der Waals surface area contributed by atoms with E-state index in [2.05, 4.69) is 26.6 Å². The summed E-state index contributed by atoms with van der Waals surface area (Å²) in [6.07, 6.45) is 2.28. The van der Waals surface area contributed by atoms with Crippen LogP contribution < -0.4 is 10.6 Å². The van der Waals surface area contributed by atoms with Gasteiger partial charge in [-0.05, 0) is 60.4 Å². The molecule has 2 rings (SSSR count). The minimum atomic E-state index is -1.05. The molecule has 0 atom stereocenters. The van der Waals surface area contributed by atoms with Gasteiger partial charge in [0.15, 0.2) is 0 Å². The van der Waals surface area contributed by atoms with Crippen LogP contribution in [0.5, 0.6) is 0 Å². The van der Waals surface area contributed by atoms with Crippen LogP contribution >= 0.6 is 15.9 Å². The summed E-state index contributed by atoms with van der Waals surface area (Å²) in [5.41, 5.74) is 0.00955. The van der Waals surface area contributed by atoms with Crippen LogP contribution in [-0.2, 0) is 4.79 Å². The number of piperidine rings is 1. The maximum absolute atomic E-state index is 12.7. The second-order valence-corrected chi connectivity index (χ2v) is 6.16. The van der Waals surface area contributed by atoms with Gasteiger partial charge in [0.05, 0.1) is 16.7 Å². The third-order valence-electron chi connectivity index (χ3n) is 4.20. The molecule has 0 unspecified atom stereocenters. The molecule has 0 spiro atoms. The van der Waals surface area contributed by atoms with Crippen LogP contribution in [-0.4, -0.2) is 30.1 Å². The summed E-state index contributed by atoms with van der Waals surface area (Å²) < 4.78 is 0.580. The number of carboxylic acid groups (broad SMARTS) is 1. The van der Waals surface area contributed by atoms with E-state index >= 15 is 0 Å². The van der Waals surface area contributed by atoms with Gasteiger partial charge in [0.25, 0.3) is 0 Å². The molecule has 0 radical (unpaired) electrons. The molecule has 0 bridgehead atoms. The molecule has 1 aromatic carbocycles. The van der Waals surface area contributed by atoms with E-state index in [4.69, 9.17) is 0 Å². The summed E-state index contributed by atoms with van der Waals surface area (Å²) >= 11 is 3.32. The number of anilines is 1. The van der Waals surface area contributed by atoms with Crippen LogP contribution in [0.1, 0.15) is 36.5 Å². The number of nitrogens with one attached hydrogen (secondary N) is 2. The fourth-order valence-electron chi connectivity index (χ4n) is 2.72. The lowest BCUT2D eigenvalue weighted by molar-refractivity contribution is -0.127. The molecule has 1 aromatic rings. The summed E-state index contributed by atoms with van der Waals surface area (Å²) in [6.45, 7) is 3.62. The average molecular weight is 355 g/mol. The molecule has 1 saturated heterocycles. The Morgan fingerprint density at radius 2 is 2.05 bits per heavy atom. The van der Waals surface area contributed by atoms with Gasteiger partial charge in [0.2, 0.25) is 5.91 Å². The number of carbonyl (C=O) groups is 2. The molecule has 0 saturated carbocycles. The van der Waals surface area contributed by atoms with E-state index in [1.54, 1.807) is 12.1 Å². The van der Waals surface area contributed by atoms with Gasteiger partial charge in [-0.1, -0.05) is 13.0 Å². The lowest BCUT2D eigenvalue weighted by Crippen LogP contribution is -2.44. The van der Waals surface area contributed by atoms with Crippen LogP contribution in [0.3, 0.4) is 0 Å². The van der Waals surface area contributed by atoms with Crippen molar-refractivity contribution >= 4 is 33.5 Å². The van der Waals surface area contributed by atoms with Crippen LogP contribution in [0.4, 0.5) is 5.69 Å². The molecule has 6 heteroatoms. The first-order chi connectivity index (χ1) is 10.00. The molecular weight excluding hydrogens is 336 g/mol. The smallest absolute Gasteiger partial charge is 0.337 e. The van der Waals surface area contributed by atoms with E-state index < -0.39 is 11.4 Å². The molecule has 1 amide bonds. The molecule has 1 heterocycles. The Labute approximate surface area is 132 Å². The topological polar surface area (TPSA) is 78.4 Å². The van der Waals surface area contributed by atoms with E-state index in [1.807, 2.05) is 6.92 Å². The zero-order valence-corrected chi connectivity index (χ0v) is 13.5. The van der Waals surface area contributed by atoms with Crippen molar-refractivity contribution in [1.82, 2.24) is 5.32 Å². The predicted molar refractivity (Wildman–Crippen MR) is 84.6 cm³/mol. The molecule has 1 fully saturated rings. The summed E-state index contributed by atoms with van der Waals surface area (Å²) in [5, 5.41) is 15.3. The van der Waals surface area contributed by atoms with E-state index in [9.17, 15) is 14.7 Å². The first-order valence-electron chi connectivity index (χ1n) is 7.04. The number of para-hydroxylation sites is 1. The van der Waals surface area contributed by atoms with Gasteiger partial charge in [-0.15, -0.1) is 0 Å². The molecule has 114 valence electrons. The number of carbonyl (C=O) groups excluding carboxylic acids is 1. The van der Waals surface area contributed by atoms with Crippen molar-refractivity contribution in [3.8, 4) is 0 Å². The Morgan fingerprint density at radius 1 is 1.38 bits per heavy atom. The summed E-state index contributed by atoms with van der Waals surface area (Å²) in [6, 6.07) is 4.86. The molecule has 1 aliphatic rings. The molecular formula is C15H19BrN2O3. The maximum Gasteiger partial charge on any atom is 0.337 e. The summed E-state index contributed by atoms with van der Waals surface area (Å²) in [7, 11) is 0. The highest BCUT2D eigenvalue weighted by atomic mass is 79.9. The van der Waals surface area contributed by atoms with Crippen molar-refractivity contribution in [2.75, 3.05) is 18.4 Å². The van der Waals surface area contributed by atoms with Gasteiger partial charge in [0.1, 0.15) is 0 Å². The monoisotopic (exact) mass is 354 g/mol. The van der Waals surface area contributed by atoms with Gasteiger partial charge in [-0.3, -0.25) is 4.79 Å². The number of amides is 1. The largest absolute Gasteiger partial charge is 0.478 e. The van der Waals surface area contributed by atoms with Crippen LogP contribution in [0, 0.1) is 5.41 Å². The Morgan fingerprint density at radius 3 is 2.62 bits per heavy atom. The number of benzene rings is 1. The number of aromatic carboxylic acids is 1. The minimum absolute atomic E-state index is 0.0953. The average Bonchev–Trinajstić information content (AvgIpc) is 2.49. The highest BCUT2D eigenvalue weighted by Crippen LogP contribution is 2.35. The van der Waals surface area contributed by atoms with E-state index in [0.717, 1.165) is 32.4 Å². The Bertz CT molecular complexity index is 554. The first-order valence-corrected chi connectivity index (χ1v) is 7.83. The standard InChI is InChI=1S/C15H19BrN2O3/c1-2-15(6-8-17-9-7-15)14(21)18-12-10(13(19)20)4-3-5-11(12)16/h3-5,17H,2,6-9H2,1H3,(H,18,21)(H,19,20). The van der Waals surface area contributed by atoms with Crippen molar-refractivity contribution in [2.24, 2.45) is 5.41 Å². The lowest BCUT2D eigenvalue weighted by atomic mass is 9.76. The van der Waals surface area contributed by atoms with Crippen molar-refractivity contribution < 1.29 is 14.7 Å². The fraction of sp³-hybridized carbons (Fsp3) is 0.467. The van der Waals surface area contributed by atoms with E-state index in [0.29, 0.717) is 10.2 Å². The molecule has 0 aliphatic carbocycles. The van der Waals surface area contributed by atoms with Crippen LogP contribution in [0.2, 0.25) is 0 Å². The van der Waals surface area contributed by atoms with E-state index in [1.165, 1.54) is 6.07 Å². The third kappa shape index (κ3) is 3.27. The van der Waals surface area contributed by atoms with Gasteiger partial charge in [0, 0.05) is 4.47 Å². The quantitative estimate of drug-likeness (QED) is 0.776. The molecule has 0 aromatic heterocycles. The fourth-order valence-corrected chi connectivity index (χ4v) is 3.19. The zero-order valence-electron chi connectivity index (χ0n) is 11.9. The predicted octanol–water partition coefficient (Wildman–Crippen LogP) is 2.87. The highest BCUT2D eigenvalue weighted by Gasteiger charge is 2.38. The summed E-state index contributed by atoms with van der Waals surface area (Å²) in [5.74, 6) is -1.15. The number of rotatable bonds is 4. The van der Waals surface area contributed by atoms with Gasteiger partial charge in [-0.25, -0.2) is 4.79 Å². The van der Waals surface area contributed by atoms with Gasteiger partial charge >= 0.3 is 5.97 Å². The SMILES string of the molecule is CCC1(C(=O)Nc2c(Br)cccc2C(=O)O)CCNCC1. The first kappa shape index (κ1) is 16.0. The highest BCUT2D eigenvalue weighted by molar-refractivity contribution is 9.10. The second kappa shape index (κ2) is 6.58.